The van der Waals surface area contributed by atoms with E-state index in [0.29, 0.717) is 39.3 Å². The van der Waals surface area contributed by atoms with E-state index in [9.17, 15) is 35.1 Å². The van der Waals surface area contributed by atoms with Crippen molar-refractivity contribution in [3.8, 4) is 45.6 Å². The number of pyridine rings is 1. The second kappa shape index (κ2) is 11.1. The monoisotopic (exact) mass is 595 g/mol. The average molecular weight is 596 g/mol. The molecule has 0 fully saturated rings. The molecule has 5 aromatic rings. The van der Waals surface area contributed by atoms with Gasteiger partial charge in [0, 0.05) is 45.4 Å². The lowest BCUT2D eigenvalue weighted by molar-refractivity contribution is 0.0729. The Kier molecular flexibility index (Phi) is 7.59. The number of nitrogens with zero attached hydrogens (tertiary/aromatic N) is 1. The van der Waals surface area contributed by atoms with Gasteiger partial charge in [0.2, 0.25) is 0 Å². The molecule has 0 radical (unpaired) electrons. The topological polar surface area (TPSA) is 157 Å². The van der Waals surface area contributed by atoms with Gasteiger partial charge in [0.25, 0.3) is 0 Å². The minimum atomic E-state index is -0.747. The van der Waals surface area contributed by atoms with Crippen molar-refractivity contribution < 1.29 is 39.9 Å². The highest BCUT2D eigenvalue weighted by atomic mass is 16.5. The SMILES string of the molecule is Cc1cc2c(C(C)C)c(O)c(OC(=O)c3cccnc3)cc2c(O)c1-c1c(C)cc2c(C(C)C)c(O)c(O)c(C=O)c2c1O. The van der Waals surface area contributed by atoms with Crippen LogP contribution in [-0.4, -0.2) is 42.8 Å². The molecule has 5 N–H and O–H groups in total. The molecule has 226 valence electrons. The first-order chi connectivity index (χ1) is 20.8. The number of benzene rings is 4. The van der Waals surface area contributed by atoms with E-state index >= 15 is 0 Å². The zero-order valence-electron chi connectivity index (χ0n) is 25.2. The zero-order chi connectivity index (χ0) is 32.2. The van der Waals surface area contributed by atoms with E-state index in [4.69, 9.17) is 4.74 Å². The minimum absolute atomic E-state index is 0.0400. The Bertz CT molecular complexity index is 2000. The normalized spacial score (nSPS) is 11.5. The summed E-state index contributed by atoms with van der Waals surface area (Å²) in [6, 6.07) is 7.94. The summed E-state index contributed by atoms with van der Waals surface area (Å²) >= 11 is 0. The molecular weight excluding hydrogens is 562 g/mol. The summed E-state index contributed by atoms with van der Waals surface area (Å²) in [4.78, 5) is 28.9. The largest absolute Gasteiger partial charge is 0.507 e. The standard InChI is InChI=1S/C35H33NO8/c1-15(2)25-20-10-17(5)27(30(38)21(20)12-24(32(25)40)44-35(43)19-8-7-9-36-13-19)28-18(6)11-22-26(16(3)4)34(42)31(39)23(14-37)29(22)33(28)41/h7-16,38-42H,1-6H3. The summed E-state index contributed by atoms with van der Waals surface area (Å²) in [5.41, 5.74) is 2.24. The summed E-state index contributed by atoms with van der Waals surface area (Å²) in [7, 11) is 0. The van der Waals surface area contributed by atoms with Crippen LogP contribution in [0.2, 0.25) is 0 Å². The van der Waals surface area contributed by atoms with Crippen LogP contribution < -0.4 is 4.74 Å². The van der Waals surface area contributed by atoms with Crippen LogP contribution in [0.1, 0.15) is 82.5 Å². The van der Waals surface area contributed by atoms with Gasteiger partial charge in [0.05, 0.1) is 11.1 Å². The fraction of sp³-hybridized carbons (Fsp3) is 0.229. The van der Waals surface area contributed by atoms with Crippen molar-refractivity contribution in [1.82, 2.24) is 4.98 Å². The molecule has 0 aliphatic heterocycles. The molecule has 0 aliphatic rings. The smallest absolute Gasteiger partial charge is 0.345 e. The van der Waals surface area contributed by atoms with Crippen LogP contribution in [0.25, 0.3) is 32.7 Å². The van der Waals surface area contributed by atoms with Crippen molar-refractivity contribution in [1.29, 1.82) is 0 Å². The minimum Gasteiger partial charge on any atom is -0.507 e. The summed E-state index contributed by atoms with van der Waals surface area (Å²) in [5.74, 6) is -3.34. The highest BCUT2D eigenvalue weighted by Crippen LogP contribution is 2.53. The van der Waals surface area contributed by atoms with Gasteiger partial charge >= 0.3 is 5.97 Å². The number of ether oxygens (including phenoxy) is 1. The Balaban J connectivity index is 1.84. The van der Waals surface area contributed by atoms with E-state index in [-0.39, 0.29) is 67.9 Å². The van der Waals surface area contributed by atoms with E-state index < -0.39 is 17.5 Å². The molecule has 4 aromatic carbocycles. The van der Waals surface area contributed by atoms with E-state index in [1.807, 2.05) is 27.7 Å². The van der Waals surface area contributed by atoms with Crippen molar-refractivity contribution >= 4 is 33.8 Å². The third kappa shape index (κ3) is 4.61. The number of aldehydes is 1. The Morgan fingerprint density at radius 2 is 1.36 bits per heavy atom. The van der Waals surface area contributed by atoms with Gasteiger partial charge in [-0.2, -0.15) is 0 Å². The molecule has 1 aromatic heterocycles. The number of aromatic hydroxyl groups is 5. The molecule has 0 saturated heterocycles. The fourth-order valence-corrected chi connectivity index (χ4v) is 6.07. The highest BCUT2D eigenvalue weighted by molar-refractivity contribution is 6.12. The van der Waals surface area contributed by atoms with Gasteiger partial charge in [-0.05, 0) is 65.8 Å². The highest BCUT2D eigenvalue weighted by Gasteiger charge is 2.29. The van der Waals surface area contributed by atoms with E-state index in [1.54, 1.807) is 32.0 Å². The molecule has 1 heterocycles. The number of aryl methyl sites for hydroxylation is 2. The number of hydrogen-bond acceptors (Lipinski definition) is 9. The van der Waals surface area contributed by atoms with Crippen LogP contribution in [0.4, 0.5) is 0 Å². The second-order valence-corrected chi connectivity index (χ2v) is 11.6. The van der Waals surface area contributed by atoms with Gasteiger partial charge in [-0.15, -0.1) is 0 Å². The van der Waals surface area contributed by atoms with Crippen LogP contribution in [0, 0.1) is 13.8 Å². The Hall–Kier alpha value is -5.31. The van der Waals surface area contributed by atoms with Crippen molar-refractivity contribution in [2.24, 2.45) is 0 Å². The average Bonchev–Trinajstić information content (AvgIpc) is 2.96. The van der Waals surface area contributed by atoms with E-state index in [2.05, 4.69) is 4.98 Å². The number of phenolic OH excluding ortho intramolecular Hbond substituents is 5. The molecule has 0 amide bonds. The first kappa shape index (κ1) is 30.2. The Morgan fingerprint density at radius 1 is 0.773 bits per heavy atom. The number of fused-ring (bicyclic) bond motifs is 2. The molecule has 0 bridgehead atoms. The summed E-state index contributed by atoms with van der Waals surface area (Å²) in [6.45, 7) is 10.8. The van der Waals surface area contributed by atoms with Crippen LogP contribution in [-0.2, 0) is 0 Å². The summed E-state index contributed by atoms with van der Waals surface area (Å²) < 4.78 is 5.58. The van der Waals surface area contributed by atoms with Crippen molar-refractivity contribution in [2.75, 3.05) is 0 Å². The van der Waals surface area contributed by atoms with Gasteiger partial charge in [-0.25, -0.2) is 4.79 Å². The third-order valence-electron chi connectivity index (χ3n) is 8.01. The summed E-state index contributed by atoms with van der Waals surface area (Å²) in [5, 5.41) is 57.4. The summed E-state index contributed by atoms with van der Waals surface area (Å²) in [6.07, 6.45) is 3.22. The number of hydrogen-bond donors (Lipinski definition) is 5. The maximum atomic E-state index is 12.9. The fourth-order valence-electron chi connectivity index (χ4n) is 6.07. The number of rotatable bonds is 6. The molecule has 9 heteroatoms. The molecule has 0 unspecified atom stereocenters. The van der Waals surface area contributed by atoms with Gasteiger partial charge in [-0.3, -0.25) is 9.78 Å². The van der Waals surface area contributed by atoms with Crippen molar-refractivity contribution in [3.05, 3.63) is 76.1 Å². The van der Waals surface area contributed by atoms with Crippen LogP contribution in [0.3, 0.4) is 0 Å². The molecule has 0 spiro atoms. The molecule has 0 aliphatic carbocycles. The lowest BCUT2D eigenvalue weighted by Crippen LogP contribution is -2.09. The first-order valence-electron chi connectivity index (χ1n) is 14.1. The second-order valence-electron chi connectivity index (χ2n) is 11.6. The van der Waals surface area contributed by atoms with Crippen molar-refractivity contribution in [2.45, 2.75) is 53.4 Å². The van der Waals surface area contributed by atoms with Gasteiger partial charge in [0.1, 0.15) is 11.5 Å². The Morgan fingerprint density at radius 3 is 1.93 bits per heavy atom. The molecule has 0 saturated carbocycles. The lowest BCUT2D eigenvalue weighted by Gasteiger charge is -2.23. The predicted molar refractivity (Wildman–Crippen MR) is 167 cm³/mol. The van der Waals surface area contributed by atoms with Crippen LogP contribution >= 0.6 is 0 Å². The number of esters is 1. The molecule has 44 heavy (non-hydrogen) atoms. The first-order valence-corrected chi connectivity index (χ1v) is 14.1. The maximum Gasteiger partial charge on any atom is 0.345 e. The lowest BCUT2D eigenvalue weighted by atomic mass is 9.84. The van der Waals surface area contributed by atoms with Crippen molar-refractivity contribution in [3.63, 3.8) is 0 Å². The van der Waals surface area contributed by atoms with Crippen LogP contribution in [0.5, 0.6) is 34.5 Å². The molecule has 5 rings (SSSR count). The third-order valence-corrected chi connectivity index (χ3v) is 8.01. The number of aromatic nitrogens is 1. The molecular formula is C35H33NO8. The number of carbonyl (C=O) groups is 2. The van der Waals surface area contributed by atoms with Gasteiger partial charge in [-0.1, -0.05) is 39.8 Å². The van der Waals surface area contributed by atoms with Crippen LogP contribution in [0.15, 0.2) is 42.7 Å². The molecule has 9 nitrogen and oxygen atoms in total. The Labute approximate surface area is 253 Å². The number of carbonyl (C=O) groups excluding carboxylic acids is 2. The van der Waals surface area contributed by atoms with E-state index in [1.165, 1.54) is 24.5 Å². The van der Waals surface area contributed by atoms with Gasteiger partial charge < -0.3 is 30.3 Å². The maximum absolute atomic E-state index is 12.9. The number of phenols is 5. The van der Waals surface area contributed by atoms with E-state index in [0.717, 1.165) is 0 Å². The van der Waals surface area contributed by atoms with Gasteiger partial charge in [0.15, 0.2) is 29.3 Å². The quantitative estimate of drug-likeness (QED) is 0.0581. The predicted octanol–water partition coefficient (Wildman–Crippen LogP) is 7.48. The molecule has 0 atom stereocenters. The zero-order valence-corrected chi connectivity index (χ0v) is 25.2.